The fourth-order valence-electron chi connectivity index (χ4n) is 2.69. The Kier molecular flexibility index (Phi) is 7.64. The minimum Gasteiger partial charge on any atom is -0.393 e. The molecule has 4 heteroatoms. The zero-order valence-electron chi connectivity index (χ0n) is 12.6. The van der Waals surface area contributed by atoms with Gasteiger partial charge < -0.3 is 10.4 Å². The van der Waals surface area contributed by atoms with Crippen molar-refractivity contribution in [1.29, 1.82) is 0 Å². The highest BCUT2D eigenvalue weighted by Crippen LogP contribution is 2.27. The fourth-order valence-corrected chi connectivity index (χ4v) is 2.69. The Bertz CT molecular complexity index is 224. The lowest BCUT2D eigenvalue weighted by Gasteiger charge is -2.44. The number of aliphatic hydroxyl groups excluding tert-OH is 1. The molecule has 0 bridgehead atoms. The number of nitrogens with zero attached hydrogens (tertiary/aromatic N) is 1. The van der Waals surface area contributed by atoms with Gasteiger partial charge in [-0.2, -0.15) is 4.91 Å². The zero-order valence-corrected chi connectivity index (χ0v) is 12.6. The maximum absolute atomic E-state index is 9.54. The summed E-state index contributed by atoms with van der Waals surface area (Å²) in [5, 5.41) is 15.8. The Labute approximate surface area is 112 Å². The minimum atomic E-state index is -0.138. The maximum atomic E-state index is 9.54. The molecule has 18 heavy (non-hydrogen) atoms. The van der Waals surface area contributed by atoms with Crippen molar-refractivity contribution in [1.82, 2.24) is 5.32 Å². The van der Waals surface area contributed by atoms with Crippen LogP contribution in [0.1, 0.15) is 66.7 Å². The molecular weight excluding hydrogens is 228 g/mol. The first-order chi connectivity index (χ1) is 8.22. The number of aliphatic hydroxyl groups is 1. The van der Waals surface area contributed by atoms with Gasteiger partial charge in [-0.15, -0.1) is 0 Å². The van der Waals surface area contributed by atoms with Crippen LogP contribution < -0.4 is 5.32 Å². The summed E-state index contributed by atoms with van der Waals surface area (Å²) in [5.41, 5.74) is 0.169. The first-order valence-electron chi connectivity index (χ1n) is 6.99. The Morgan fingerprint density at radius 2 is 1.67 bits per heavy atom. The molecule has 1 fully saturated rings. The van der Waals surface area contributed by atoms with Gasteiger partial charge in [0.05, 0.1) is 12.6 Å². The van der Waals surface area contributed by atoms with Gasteiger partial charge in [-0.25, -0.2) is 0 Å². The van der Waals surface area contributed by atoms with E-state index in [0.717, 1.165) is 32.1 Å². The van der Waals surface area contributed by atoms with Crippen LogP contribution in [0.3, 0.4) is 0 Å². The van der Waals surface area contributed by atoms with Crippen molar-refractivity contribution in [2.45, 2.75) is 83.9 Å². The van der Waals surface area contributed by atoms with E-state index >= 15 is 0 Å². The summed E-state index contributed by atoms with van der Waals surface area (Å²) in [6.07, 6.45) is 4.83. The second-order valence-corrected chi connectivity index (χ2v) is 6.51. The Balaban J connectivity index is 0.000000360. The SMILES string of the molecule is CC1(C)CC(O)CC(C)(C)N1.CCCCCN=O. The first-order valence-corrected chi connectivity index (χ1v) is 6.99. The minimum absolute atomic E-state index is 0.0845. The van der Waals surface area contributed by atoms with E-state index < -0.39 is 0 Å². The first kappa shape index (κ1) is 17.5. The molecule has 0 atom stereocenters. The van der Waals surface area contributed by atoms with Crippen LogP contribution in [0.25, 0.3) is 0 Å². The van der Waals surface area contributed by atoms with Gasteiger partial charge in [-0.3, -0.25) is 0 Å². The average molecular weight is 258 g/mol. The lowest BCUT2D eigenvalue weighted by molar-refractivity contribution is 0.0396. The summed E-state index contributed by atoms with van der Waals surface area (Å²) in [6, 6.07) is 0. The highest BCUT2D eigenvalue weighted by Gasteiger charge is 2.36. The van der Waals surface area contributed by atoms with Gasteiger partial charge in [0.25, 0.3) is 0 Å². The predicted molar refractivity (Wildman–Crippen MR) is 76.7 cm³/mol. The normalized spacial score (nSPS) is 21.9. The van der Waals surface area contributed by atoms with E-state index in [4.69, 9.17) is 0 Å². The van der Waals surface area contributed by atoms with Crippen LogP contribution in [0.5, 0.6) is 0 Å². The number of unbranched alkanes of at least 4 members (excludes halogenated alkanes) is 2. The summed E-state index contributed by atoms with van der Waals surface area (Å²) in [6.45, 7) is 11.1. The highest BCUT2D eigenvalue weighted by atomic mass is 16.3. The number of rotatable bonds is 4. The van der Waals surface area contributed by atoms with Crippen molar-refractivity contribution in [2.75, 3.05) is 6.54 Å². The molecule has 2 N–H and O–H groups in total. The van der Waals surface area contributed by atoms with Crippen molar-refractivity contribution in [2.24, 2.45) is 5.18 Å². The third-order valence-corrected chi connectivity index (χ3v) is 3.02. The molecule has 1 aliphatic rings. The van der Waals surface area contributed by atoms with Crippen LogP contribution in [0.15, 0.2) is 5.18 Å². The van der Waals surface area contributed by atoms with Crippen molar-refractivity contribution >= 4 is 0 Å². The molecular formula is C14H30N2O2. The van der Waals surface area contributed by atoms with Gasteiger partial charge in [-0.1, -0.05) is 24.9 Å². The van der Waals surface area contributed by atoms with Crippen LogP contribution >= 0.6 is 0 Å². The topological polar surface area (TPSA) is 61.7 Å². The molecule has 0 radical (unpaired) electrons. The number of nitroso groups, excluding NO2 is 1. The Morgan fingerprint density at radius 3 is 2.00 bits per heavy atom. The van der Waals surface area contributed by atoms with E-state index in [1.807, 2.05) is 0 Å². The van der Waals surface area contributed by atoms with Gasteiger partial charge in [0.2, 0.25) is 0 Å². The molecule has 1 rings (SSSR count). The van der Waals surface area contributed by atoms with Crippen molar-refractivity contribution in [3.63, 3.8) is 0 Å². The molecule has 0 aromatic rings. The molecule has 0 saturated carbocycles. The second kappa shape index (κ2) is 7.85. The summed E-state index contributed by atoms with van der Waals surface area (Å²) in [4.78, 5) is 9.43. The van der Waals surface area contributed by atoms with Crippen molar-refractivity contribution < 1.29 is 5.11 Å². The van der Waals surface area contributed by atoms with Crippen LogP contribution in [0, 0.1) is 4.91 Å². The van der Waals surface area contributed by atoms with E-state index in [1.54, 1.807) is 0 Å². The summed E-state index contributed by atoms with van der Waals surface area (Å²) >= 11 is 0. The lowest BCUT2D eigenvalue weighted by atomic mass is 9.81. The molecule has 4 nitrogen and oxygen atoms in total. The van der Waals surface area contributed by atoms with Gasteiger partial charge in [-0.05, 0) is 47.0 Å². The number of nitrogens with one attached hydrogen (secondary N) is 1. The largest absolute Gasteiger partial charge is 0.393 e. The summed E-state index contributed by atoms with van der Waals surface area (Å²) in [5.74, 6) is 0. The van der Waals surface area contributed by atoms with Crippen molar-refractivity contribution in [3.05, 3.63) is 4.91 Å². The van der Waals surface area contributed by atoms with E-state index in [-0.39, 0.29) is 17.2 Å². The molecule has 0 aliphatic carbocycles. The number of hydrogen-bond donors (Lipinski definition) is 2. The molecule has 0 aromatic carbocycles. The molecule has 0 aromatic heterocycles. The monoisotopic (exact) mass is 258 g/mol. The third kappa shape index (κ3) is 8.59. The summed E-state index contributed by atoms with van der Waals surface area (Å²) < 4.78 is 0. The Morgan fingerprint density at radius 1 is 1.17 bits per heavy atom. The Hall–Kier alpha value is -0.480. The zero-order chi connectivity index (χ0) is 14.2. The van der Waals surface area contributed by atoms with Crippen LogP contribution in [0.2, 0.25) is 0 Å². The van der Waals surface area contributed by atoms with Gasteiger partial charge >= 0.3 is 0 Å². The van der Waals surface area contributed by atoms with Crippen molar-refractivity contribution in [3.8, 4) is 0 Å². The quantitative estimate of drug-likeness (QED) is 0.601. The molecule has 108 valence electrons. The van der Waals surface area contributed by atoms with E-state index in [0.29, 0.717) is 6.54 Å². The maximum Gasteiger partial charge on any atom is 0.0811 e. The second-order valence-electron chi connectivity index (χ2n) is 6.51. The van der Waals surface area contributed by atoms with Gasteiger partial charge in [0.15, 0.2) is 0 Å². The molecule has 0 unspecified atom stereocenters. The molecule has 1 heterocycles. The number of piperidine rings is 1. The average Bonchev–Trinajstić information content (AvgIpc) is 2.13. The number of hydrogen-bond acceptors (Lipinski definition) is 4. The third-order valence-electron chi connectivity index (χ3n) is 3.02. The molecule has 1 saturated heterocycles. The van der Waals surface area contributed by atoms with Crippen LogP contribution in [-0.2, 0) is 0 Å². The predicted octanol–water partition coefficient (Wildman–Crippen LogP) is 3.23. The summed E-state index contributed by atoms with van der Waals surface area (Å²) in [7, 11) is 0. The van der Waals surface area contributed by atoms with E-state index in [9.17, 15) is 10.0 Å². The molecule has 0 spiro atoms. The fraction of sp³-hybridized carbons (Fsp3) is 1.00. The highest BCUT2D eigenvalue weighted by molar-refractivity contribution is 4.96. The van der Waals surface area contributed by atoms with Crippen LogP contribution in [-0.4, -0.2) is 28.8 Å². The molecule has 1 aliphatic heterocycles. The van der Waals surface area contributed by atoms with Crippen LogP contribution in [0.4, 0.5) is 0 Å². The van der Waals surface area contributed by atoms with E-state index in [1.165, 1.54) is 0 Å². The smallest absolute Gasteiger partial charge is 0.0811 e. The standard InChI is InChI=1S/C9H19NO.C5H11NO/c1-8(2)5-7(11)6-9(3,4)10-8;1-2-3-4-5-6-7/h7,10-11H,5-6H2,1-4H3;2-5H2,1H3. The van der Waals surface area contributed by atoms with E-state index in [2.05, 4.69) is 45.1 Å². The molecule has 0 amide bonds. The van der Waals surface area contributed by atoms with Gasteiger partial charge in [0, 0.05) is 11.1 Å². The lowest BCUT2D eigenvalue weighted by Crippen LogP contribution is -2.59. The van der Waals surface area contributed by atoms with Gasteiger partial charge in [0.1, 0.15) is 0 Å².